The van der Waals surface area contributed by atoms with Gasteiger partial charge in [-0.15, -0.1) is 0 Å². The zero-order valence-corrected chi connectivity index (χ0v) is 18.1. The van der Waals surface area contributed by atoms with Gasteiger partial charge in [-0.2, -0.15) is 0 Å². The van der Waals surface area contributed by atoms with E-state index < -0.39 is 17.4 Å². The number of rotatable bonds is 7. The average Bonchev–Trinajstić information content (AvgIpc) is 3.20. The van der Waals surface area contributed by atoms with Crippen LogP contribution in [0.1, 0.15) is 16.1 Å². The lowest BCUT2D eigenvalue weighted by Crippen LogP contribution is -2.19. The van der Waals surface area contributed by atoms with Gasteiger partial charge in [-0.1, -0.05) is 12.1 Å². The fraction of sp³-hybridized carbons (Fsp3) is 0.0400. The normalized spacial score (nSPS) is 11.7. The first-order chi connectivity index (χ1) is 16.3. The molecule has 0 aliphatic heterocycles. The Kier molecular flexibility index (Phi) is 6.01. The van der Waals surface area contributed by atoms with Crippen LogP contribution in [0.5, 0.6) is 11.5 Å². The van der Waals surface area contributed by atoms with Crippen LogP contribution in [0, 0.1) is 24.0 Å². The minimum atomic E-state index is -0.590. The van der Waals surface area contributed by atoms with Crippen molar-refractivity contribution in [2.24, 2.45) is 5.73 Å². The number of ether oxygens (including phenoxy) is 1. The highest BCUT2D eigenvalue weighted by atomic mass is 19.1. The molecule has 1 aromatic heterocycles. The number of aryl methyl sites for hydroxylation is 1. The van der Waals surface area contributed by atoms with Gasteiger partial charge in [0, 0.05) is 22.8 Å². The smallest absolute Gasteiger partial charge is 0.214 e. The molecule has 0 fully saturated rings. The molecule has 0 saturated heterocycles. The maximum atomic E-state index is 13.8. The van der Waals surface area contributed by atoms with Crippen molar-refractivity contribution < 1.29 is 18.3 Å². The summed E-state index contributed by atoms with van der Waals surface area (Å²) < 4.78 is 33.2. The van der Waals surface area contributed by atoms with Crippen molar-refractivity contribution in [2.45, 2.75) is 6.92 Å². The Morgan fingerprint density at radius 3 is 2.56 bits per heavy atom. The highest BCUT2D eigenvalue weighted by molar-refractivity contribution is 6.21. The third kappa shape index (κ3) is 4.44. The number of aromatic nitrogens is 1. The second-order valence-electron chi connectivity index (χ2n) is 7.58. The summed E-state index contributed by atoms with van der Waals surface area (Å²) in [6.07, 6.45) is 0.843. The predicted octanol–water partition coefficient (Wildman–Crippen LogP) is 5.24. The van der Waals surface area contributed by atoms with Crippen LogP contribution in [-0.4, -0.2) is 17.0 Å². The molecule has 0 aliphatic rings. The van der Waals surface area contributed by atoms with Crippen molar-refractivity contribution in [3.8, 4) is 11.5 Å². The number of fused-ring (bicyclic) bond motifs is 1. The number of carbonyl (C=O) groups excluding carboxylic acids is 1. The summed E-state index contributed by atoms with van der Waals surface area (Å²) >= 11 is 0. The van der Waals surface area contributed by atoms with Gasteiger partial charge in [0.05, 0.1) is 17.0 Å². The summed E-state index contributed by atoms with van der Waals surface area (Å²) in [6.45, 7) is 1.78. The Morgan fingerprint density at radius 1 is 1.09 bits per heavy atom. The van der Waals surface area contributed by atoms with E-state index >= 15 is 0 Å². The molecular formula is C25H21F2N5O2. The number of nitrogens with one attached hydrogen (secondary N) is 3. The highest BCUT2D eigenvalue weighted by Gasteiger charge is 2.18. The first kappa shape index (κ1) is 22.5. The number of benzene rings is 3. The molecule has 0 bridgehead atoms. The number of nitrogens with two attached hydrogens (primary N) is 2. The van der Waals surface area contributed by atoms with E-state index in [1.807, 2.05) is 0 Å². The molecule has 7 nitrogen and oxygen atoms in total. The van der Waals surface area contributed by atoms with E-state index in [0.717, 1.165) is 6.21 Å². The highest BCUT2D eigenvalue weighted by Crippen LogP contribution is 2.28. The summed E-state index contributed by atoms with van der Waals surface area (Å²) in [6, 6.07) is 15.1. The standard InChI is InChI=1S/C25H21F2N5O2/c1-13-8-15(34-23-5-3-2-4-17(23)26)6-7-20(13)32-25(30)16(12-28)24(33)22-10-14-9-18(27)19(29)11-21(14)31-22/h2-12,28,31-32H,29-30H2,1H3/b25-16+,28-12?. The monoisotopic (exact) mass is 461 g/mol. The molecule has 172 valence electrons. The van der Waals surface area contributed by atoms with E-state index in [0.29, 0.717) is 27.9 Å². The molecule has 0 unspecified atom stereocenters. The third-order valence-corrected chi connectivity index (χ3v) is 5.19. The van der Waals surface area contributed by atoms with Gasteiger partial charge in [0.15, 0.2) is 11.6 Å². The van der Waals surface area contributed by atoms with Crippen molar-refractivity contribution in [1.29, 1.82) is 5.41 Å². The van der Waals surface area contributed by atoms with Gasteiger partial charge < -0.3 is 31.9 Å². The average molecular weight is 461 g/mol. The maximum absolute atomic E-state index is 13.8. The fourth-order valence-electron chi connectivity index (χ4n) is 3.41. The zero-order chi connectivity index (χ0) is 24.4. The van der Waals surface area contributed by atoms with Crippen LogP contribution in [0.3, 0.4) is 0 Å². The molecule has 3 aromatic carbocycles. The molecule has 9 heteroatoms. The van der Waals surface area contributed by atoms with Crippen LogP contribution < -0.4 is 21.5 Å². The summed E-state index contributed by atoms with van der Waals surface area (Å²) in [5.74, 6) is -1.15. The molecule has 34 heavy (non-hydrogen) atoms. The van der Waals surface area contributed by atoms with Gasteiger partial charge in [0.25, 0.3) is 0 Å². The van der Waals surface area contributed by atoms with Gasteiger partial charge in [-0.25, -0.2) is 8.78 Å². The van der Waals surface area contributed by atoms with Gasteiger partial charge in [-0.05, 0) is 61.0 Å². The SMILES string of the molecule is Cc1cc(Oc2ccccc2F)ccc1N/C(N)=C(\C=N)C(=O)c1cc2cc(F)c(N)cc2[nH]1. The van der Waals surface area contributed by atoms with Crippen LogP contribution in [0.15, 0.2) is 72.1 Å². The summed E-state index contributed by atoms with van der Waals surface area (Å²) in [7, 11) is 0. The Hall–Kier alpha value is -4.66. The quantitative estimate of drug-likeness (QED) is 0.111. The minimum Gasteiger partial charge on any atom is -0.454 e. The number of hydrogen-bond acceptors (Lipinski definition) is 6. The van der Waals surface area contributed by atoms with Gasteiger partial charge in [0.1, 0.15) is 17.4 Å². The fourth-order valence-corrected chi connectivity index (χ4v) is 3.41. The Morgan fingerprint density at radius 2 is 1.85 bits per heavy atom. The largest absolute Gasteiger partial charge is 0.454 e. The molecule has 4 aromatic rings. The van der Waals surface area contributed by atoms with Crippen molar-refractivity contribution in [2.75, 3.05) is 11.1 Å². The number of halogens is 2. The summed E-state index contributed by atoms with van der Waals surface area (Å²) in [5.41, 5.74) is 13.5. The van der Waals surface area contributed by atoms with E-state index in [9.17, 15) is 13.6 Å². The number of Topliss-reactive ketones (excluding diaryl/α,β-unsaturated/α-hetero) is 1. The Labute approximate surface area is 193 Å². The Balaban J connectivity index is 1.58. The molecule has 0 amide bonds. The molecule has 0 radical (unpaired) electrons. The van der Waals surface area contributed by atoms with Crippen molar-refractivity contribution in [1.82, 2.24) is 4.98 Å². The summed E-state index contributed by atoms with van der Waals surface area (Å²) in [5, 5.41) is 11.1. The molecule has 4 rings (SSSR count). The molecule has 0 saturated carbocycles. The number of anilines is 2. The van der Waals surface area contributed by atoms with Crippen LogP contribution >= 0.6 is 0 Å². The van der Waals surface area contributed by atoms with E-state index in [1.54, 1.807) is 37.3 Å². The van der Waals surface area contributed by atoms with Crippen LogP contribution in [-0.2, 0) is 0 Å². The Bertz CT molecular complexity index is 1420. The molecule has 0 atom stereocenters. The number of carbonyl (C=O) groups is 1. The molecule has 0 spiro atoms. The molecule has 0 aliphatic carbocycles. The lowest BCUT2D eigenvalue weighted by molar-refractivity contribution is 0.103. The third-order valence-electron chi connectivity index (χ3n) is 5.19. The number of nitrogen functional groups attached to an aromatic ring is 1. The first-order valence-electron chi connectivity index (χ1n) is 10.2. The van der Waals surface area contributed by atoms with E-state index in [4.69, 9.17) is 21.6 Å². The molecule has 1 heterocycles. The topological polar surface area (TPSA) is 130 Å². The predicted molar refractivity (Wildman–Crippen MR) is 128 cm³/mol. The minimum absolute atomic E-state index is 0.0461. The van der Waals surface area contributed by atoms with Gasteiger partial charge in [0.2, 0.25) is 5.78 Å². The second kappa shape index (κ2) is 9.07. The van der Waals surface area contributed by atoms with E-state index in [-0.39, 0.29) is 28.5 Å². The van der Waals surface area contributed by atoms with Crippen molar-refractivity contribution in [3.05, 3.63) is 94.9 Å². The number of ketones is 1. The van der Waals surface area contributed by atoms with E-state index in [2.05, 4.69) is 10.3 Å². The number of aromatic amines is 1. The van der Waals surface area contributed by atoms with Crippen LogP contribution in [0.25, 0.3) is 10.9 Å². The lowest BCUT2D eigenvalue weighted by atomic mass is 10.1. The van der Waals surface area contributed by atoms with Crippen molar-refractivity contribution >= 4 is 34.3 Å². The summed E-state index contributed by atoms with van der Waals surface area (Å²) in [4.78, 5) is 15.9. The van der Waals surface area contributed by atoms with Crippen LogP contribution in [0.4, 0.5) is 20.2 Å². The molecular weight excluding hydrogens is 440 g/mol. The molecule has 7 N–H and O–H groups in total. The van der Waals surface area contributed by atoms with Crippen molar-refractivity contribution in [3.63, 3.8) is 0 Å². The van der Waals surface area contributed by atoms with Crippen LogP contribution in [0.2, 0.25) is 0 Å². The lowest BCUT2D eigenvalue weighted by Gasteiger charge is -2.14. The zero-order valence-electron chi connectivity index (χ0n) is 18.1. The number of H-pyrrole nitrogens is 1. The maximum Gasteiger partial charge on any atom is 0.214 e. The number of hydrogen-bond donors (Lipinski definition) is 5. The van der Waals surface area contributed by atoms with E-state index in [1.165, 1.54) is 30.3 Å². The van der Waals surface area contributed by atoms with Gasteiger partial charge in [-0.3, -0.25) is 4.79 Å². The second-order valence-corrected chi connectivity index (χ2v) is 7.58. The van der Waals surface area contributed by atoms with Gasteiger partial charge >= 0.3 is 0 Å². The first-order valence-corrected chi connectivity index (χ1v) is 10.2. The number of allylic oxidation sites excluding steroid dienone is 1. The number of para-hydroxylation sites is 1.